The van der Waals surface area contributed by atoms with Crippen LogP contribution in [-0.2, 0) is 12.3 Å². The molecule has 0 aromatic heterocycles. The van der Waals surface area contributed by atoms with Crippen molar-refractivity contribution in [2.45, 2.75) is 12.3 Å². The van der Waals surface area contributed by atoms with E-state index in [1.165, 1.54) is 31.8 Å². The third-order valence-electron chi connectivity index (χ3n) is 10.9. The van der Waals surface area contributed by atoms with Crippen molar-refractivity contribution in [3.8, 4) is 11.5 Å². The van der Waals surface area contributed by atoms with Gasteiger partial charge in [-0.25, -0.2) is 0 Å². The zero-order chi connectivity index (χ0) is 37.7. The molecule has 0 bridgehead atoms. The predicted octanol–water partition coefficient (Wildman–Crippen LogP) is 12.2. The van der Waals surface area contributed by atoms with Crippen LogP contribution in [0.3, 0.4) is 0 Å². The zero-order valence-corrected chi connectivity index (χ0v) is 35.4. The molecule has 0 aliphatic heterocycles. The fourth-order valence-electron chi connectivity index (χ4n) is 8.10. The van der Waals surface area contributed by atoms with Gasteiger partial charge < -0.3 is 0 Å². The summed E-state index contributed by atoms with van der Waals surface area (Å²) >= 11 is 9.37. The van der Waals surface area contributed by atoms with Crippen molar-refractivity contribution < 1.29 is 4.74 Å². The number of hydrogen-bond donors (Lipinski definition) is 0. The first-order chi connectivity index (χ1) is 26.9. The molecular formula is C50H42Br2OP2. The summed E-state index contributed by atoms with van der Waals surface area (Å²) in [5.74, 6) is 1.69. The summed E-state index contributed by atoms with van der Waals surface area (Å²) < 4.78 is 7.24. The van der Waals surface area contributed by atoms with Crippen LogP contribution in [-0.4, -0.2) is 0 Å². The Balaban J connectivity index is 1.29. The first-order valence-electron chi connectivity index (χ1n) is 18.5. The molecule has 0 heterocycles. The maximum atomic E-state index is 7.24. The Morgan fingerprint density at radius 3 is 0.709 bits per heavy atom. The topological polar surface area (TPSA) is 9.23 Å². The Hall–Kier alpha value is -4.62. The van der Waals surface area contributed by atoms with Crippen LogP contribution in [0.2, 0.25) is 0 Å². The van der Waals surface area contributed by atoms with E-state index in [0.717, 1.165) is 34.9 Å². The van der Waals surface area contributed by atoms with Crippen molar-refractivity contribution in [3.63, 3.8) is 0 Å². The molecule has 0 saturated heterocycles. The number of hydrogen-bond acceptors (Lipinski definition) is 1. The Morgan fingerprint density at radius 1 is 0.273 bits per heavy atom. The summed E-state index contributed by atoms with van der Waals surface area (Å²) in [5.41, 5.74) is 2.27. The number of benzene rings is 8. The van der Waals surface area contributed by atoms with Crippen LogP contribution >= 0.6 is 41.6 Å². The summed E-state index contributed by atoms with van der Waals surface area (Å²) in [6.45, 7) is 0. The van der Waals surface area contributed by atoms with E-state index in [4.69, 9.17) is 4.74 Å². The van der Waals surface area contributed by atoms with Crippen molar-refractivity contribution in [2.24, 2.45) is 0 Å². The van der Waals surface area contributed by atoms with Gasteiger partial charge in [-0.15, -0.1) is 0 Å². The van der Waals surface area contributed by atoms with E-state index in [0.29, 0.717) is 0 Å². The first kappa shape index (κ1) is 37.3. The van der Waals surface area contributed by atoms with Gasteiger partial charge in [0.2, 0.25) is 0 Å². The number of ether oxygens (including phenoxy) is 1. The summed E-state index contributed by atoms with van der Waals surface area (Å²) in [6.07, 6.45) is 1.44. The minimum atomic E-state index is -3.31. The second-order valence-electron chi connectivity index (χ2n) is 14.0. The maximum absolute atomic E-state index is 7.24. The van der Waals surface area contributed by atoms with E-state index >= 15 is 0 Å². The summed E-state index contributed by atoms with van der Waals surface area (Å²) in [4.78, 5) is 0. The van der Waals surface area contributed by atoms with Gasteiger partial charge in [0.1, 0.15) is 0 Å². The molecule has 0 N–H and O–H groups in total. The van der Waals surface area contributed by atoms with Crippen LogP contribution in [0.1, 0.15) is 11.1 Å². The van der Waals surface area contributed by atoms with E-state index in [9.17, 15) is 0 Å². The van der Waals surface area contributed by atoms with Crippen molar-refractivity contribution >= 4 is 73.4 Å². The molecule has 8 aromatic rings. The van der Waals surface area contributed by atoms with E-state index in [1.54, 1.807) is 0 Å². The SMILES string of the molecule is BrP(Cc1ccccc1Oc1ccccc1CP(Br)(c1ccccc1)(c1ccccc1)c1ccccc1)(c1ccccc1)(c1ccccc1)c1ccccc1. The van der Waals surface area contributed by atoms with E-state index < -0.39 is 10.6 Å². The average molecular weight is 881 g/mol. The number of halogens is 2. The minimum absolute atomic E-state index is 0.720. The monoisotopic (exact) mass is 878 g/mol. The molecule has 0 atom stereocenters. The fourth-order valence-corrected chi connectivity index (χ4v) is 23.4. The molecule has 5 heteroatoms. The molecule has 0 aliphatic rings. The molecule has 1 nitrogen and oxygen atoms in total. The molecule has 272 valence electrons. The second kappa shape index (κ2) is 15.5. The van der Waals surface area contributed by atoms with Gasteiger partial charge in [0.25, 0.3) is 0 Å². The molecule has 0 aliphatic carbocycles. The third-order valence-corrected chi connectivity index (χ3v) is 29.9. The first-order valence-corrected chi connectivity index (χ1v) is 27.4. The average Bonchev–Trinajstić information content (AvgIpc) is 3.27. The molecule has 0 amide bonds. The molecule has 8 aromatic carbocycles. The quantitative estimate of drug-likeness (QED) is 0.111. The van der Waals surface area contributed by atoms with Crippen LogP contribution in [0, 0.1) is 0 Å². The number of para-hydroxylation sites is 2. The predicted molar refractivity (Wildman–Crippen MR) is 249 cm³/mol. The number of rotatable bonds is 12. The molecule has 8 rings (SSSR count). The van der Waals surface area contributed by atoms with Gasteiger partial charge in [-0.3, -0.25) is 0 Å². The molecule has 0 radical (unpaired) electrons. The Kier molecular flexibility index (Phi) is 10.5. The van der Waals surface area contributed by atoms with Gasteiger partial charge in [-0.2, -0.15) is 0 Å². The van der Waals surface area contributed by atoms with Gasteiger partial charge in [0, 0.05) is 0 Å². The van der Waals surface area contributed by atoms with Crippen molar-refractivity contribution in [1.29, 1.82) is 0 Å². The van der Waals surface area contributed by atoms with Crippen molar-refractivity contribution in [3.05, 3.63) is 242 Å². The second-order valence-corrected chi connectivity index (χ2v) is 31.9. The van der Waals surface area contributed by atoms with E-state index in [-0.39, 0.29) is 0 Å². The van der Waals surface area contributed by atoms with Gasteiger partial charge in [-0.05, 0) is 0 Å². The van der Waals surface area contributed by atoms with Crippen molar-refractivity contribution in [1.82, 2.24) is 0 Å². The summed E-state index contributed by atoms with van der Waals surface area (Å²) in [7, 11) is 0. The Labute approximate surface area is 341 Å². The molecule has 0 fully saturated rings. The van der Waals surface area contributed by atoms with Gasteiger partial charge in [0.05, 0.1) is 0 Å². The van der Waals surface area contributed by atoms with Crippen LogP contribution in [0.5, 0.6) is 11.5 Å². The standard InChI is InChI=1S/C50H42Br2OP2/c51-54(43-25-7-1-8-26-43,44-27-9-2-10-28-44,45-29-11-3-12-30-45)39-41-23-19-21-37-49(41)53-50-38-22-20-24-42(50)40-55(52,46-31-13-4-14-32-46,47-33-15-5-16-34-47)48-35-17-6-18-36-48/h1-38H,39-40H2. The van der Waals surface area contributed by atoms with Crippen LogP contribution in [0.15, 0.2) is 231 Å². The molecule has 55 heavy (non-hydrogen) atoms. The van der Waals surface area contributed by atoms with Gasteiger partial charge >= 0.3 is 344 Å². The molecule has 0 spiro atoms. The van der Waals surface area contributed by atoms with Gasteiger partial charge in [0.15, 0.2) is 0 Å². The van der Waals surface area contributed by atoms with E-state index in [2.05, 4.69) is 262 Å². The molecule has 0 unspecified atom stereocenters. The summed E-state index contributed by atoms with van der Waals surface area (Å²) in [6, 6.07) is 82.9. The normalized spacial score (nSPS) is 13.1. The van der Waals surface area contributed by atoms with E-state index in [1.807, 2.05) is 0 Å². The summed E-state index contributed by atoms with van der Waals surface area (Å²) in [5, 5.41) is 1.00. The van der Waals surface area contributed by atoms with Crippen LogP contribution in [0.25, 0.3) is 0 Å². The molecule has 0 saturated carbocycles. The Bertz CT molecular complexity index is 2120. The van der Waals surface area contributed by atoms with Crippen molar-refractivity contribution in [2.75, 3.05) is 0 Å². The third kappa shape index (κ3) is 6.62. The Morgan fingerprint density at radius 2 is 0.473 bits per heavy atom. The van der Waals surface area contributed by atoms with Crippen LogP contribution < -0.4 is 36.6 Å². The fraction of sp³-hybridized carbons (Fsp3) is 0.0400. The van der Waals surface area contributed by atoms with Gasteiger partial charge in [-0.1, -0.05) is 0 Å². The zero-order valence-electron chi connectivity index (χ0n) is 30.4. The molecular weight excluding hydrogens is 838 g/mol. The van der Waals surface area contributed by atoms with Crippen LogP contribution in [0.4, 0.5) is 0 Å².